The van der Waals surface area contributed by atoms with Gasteiger partial charge in [-0.05, 0) is 55.8 Å². The van der Waals surface area contributed by atoms with E-state index in [-0.39, 0.29) is 28.4 Å². The second-order valence-corrected chi connectivity index (χ2v) is 10.2. The van der Waals surface area contributed by atoms with Crippen molar-refractivity contribution in [3.05, 3.63) is 12.7 Å². The number of aliphatic hydroxyl groups excluding tert-OH is 2. The van der Waals surface area contributed by atoms with Gasteiger partial charge in [0, 0.05) is 17.3 Å². The van der Waals surface area contributed by atoms with Gasteiger partial charge in [0.2, 0.25) is 0 Å². The van der Waals surface area contributed by atoms with Gasteiger partial charge in [-0.15, -0.1) is 6.58 Å². The van der Waals surface area contributed by atoms with E-state index < -0.39 is 30.2 Å². The van der Waals surface area contributed by atoms with Crippen LogP contribution in [0.4, 0.5) is 0 Å². The van der Waals surface area contributed by atoms with E-state index in [9.17, 15) is 19.8 Å². The molecule has 29 heavy (non-hydrogen) atoms. The number of hydrogen-bond acceptors (Lipinski definition) is 5. The number of ketones is 1. The zero-order valence-electron chi connectivity index (χ0n) is 19.0. The molecule has 2 N–H and O–H groups in total. The molecule has 2 bridgehead atoms. The molecular weight excluding hydrogens is 368 g/mol. The van der Waals surface area contributed by atoms with Crippen molar-refractivity contribution in [1.29, 1.82) is 0 Å². The van der Waals surface area contributed by atoms with E-state index in [2.05, 4.69) is 34.3 Å². The minimum absolute atomic E-state index is 0.0267. The van der Waals surface area contributed by atoms with Crippen LogP contribution in [0.5, 0.6) is 0 Å². The zero-order valence-corrected chi connectivity index (χ0v) is 19.0. The number of Topliss-reactive ketones (excluding diaryl/α,β-unsaturated/α-hetero) is 1. The van der Waals surface area contributed by atoms with Crippen LogP contribution >= 0.6 is 0 Å². The Kier molecular flexibility index (Phi) is 7.06. The minimum Gasteiger partial charge on any atom is -0.460 e. The first-order valence-corrected chi connectivity index (χ1v) is 11.0. The summed E-state index contributed by atoms with van der Waals surface area (Å²) in [5, 5.41) is 20.8. The van der Waals surface area contributed by atoms with Crippen molar-refractivity contribution in [1.82, 2.24) is 0 Å². The molecule has 0 aromatic rings. The van der Waals surface area contributed by atoms with Crippen molar-refractivity contribution in [2.45, 2.75) is 85.9 Å². The Balaban J connectivity index is 2.67. The molecule has 0 saturated heterocycles. The van der Waals surface area contributed by atoms with E-state index in [1.807, 2.05) is 6.92 Å². The largest absolute Gasteiger partial charge is 0.460 e. The Morgan fingerprint density at radius 3 is 2.38 bits per heavy atom. The third-order valence-electron chi connectivity index (χ3n) is 9.09. The fourth-order valence-corrected chi connectivity index (χ4v) is 6.45. The van der Waals surface area contributed by atoms with Crippen molar-refractivity contribution in [3.63, 3.8) is 0 Å². The van der Waals surface area contributed by atoms with Gasteiger partial charge in [-0.1, -0.05) is 40.7 Å². The Hall–Kier alpha value is -1.20. The highest BCUT2D eigenvalue weighted by molar-refractivity contribution is 5.75. The maximum absolute atomic E-state index is 12.1. The van der Waals surface area contributed by atoms with Crippen LogP contribution < -0.4 is 0 Å². The van der Waals surface area contributed by atoms with E-state index in [0.29, 0.717) is 18.8 Å². The molecule has 2 aliphatic rings. The lowest BCUT2D eigenvalue weighted by Crippen LogP contribution is -2.62. The van der Waals surface area contributed by atoms with Crippen LogP contribution in [0.25, 0.3) is 0 Å². The predicted molar refractivity (Wildman–Crippen MR) is 113 cm³/mol. The second-order valence-electron chi connectivity index (χ2n) is 10.2. The Morgan fingerprint density at radius 2 is 1.86 bits per heavy atom. The fraction of sp³-hybridized carbons (Fsp3) is 0.833. The van der Waals surface area contributed by atoms with Crippen molar-refractivity contribution < 1.29 is 24.5 Å². The first-order chi connectivity index (χ1) is 13.4. The molecule has 2 fully saturated rings. The Labute approximate surface area is 175 Å². The van der Waals surface area contributed by atoms with E-state index in [1.165, 1.54) is 0 Å². The van der Waals surface area contributed by atoms with Crippen LogP contribution in [0.2, 0.25) is 0 Å². The van der Waals surface area contributed by atoms with Gasteiger partial charge < -0.3 is 19.7 Å². The predicted octanol–water partition coefficient (Wildman–Crippen LogP) is 3.91. The molecule has 0 unspecified atom stereocenters. The van der Waals surface area contributed by atoms with Gasteiger partial charge in [-0.3, -0.25) is 0 Å². The lowest BCUT2D eigenvalue weighted by molar-refractivity contribution is -0.213. The lowest BCUT2D eigenvalue weighted by atomic mass is 9.42. The van der Waals surface area contributed by atoms with Crippen LogP contribution in [0, 0.1) is 34.0 Å². The monoisotopic (exact) mass is 408 g/mol. The normalized spacial score (nSPS) is 45.0. The third kappa shape index (κ3) is 3.93. The minimum atomic E-state index is -0.664. The van der Waals surface area contributed by atoms with Gasteiger partial charge in [-0.25, -0.2) is 4.79 Å². The molecule has 8 atom stereocenters. The summed E-state index contributed by atoms with van der Waals surface area (Å²) in [6.07, 6.45) is 4.22. The van der Waals surface area contributed by atoms with Crippen LogP contribution in [0.3, 0.4) is 0 Å². The molecule has 166 valence electrons. The molecule has 0 aliphatic heterocycles. The lowest BCUT2D eigenvalue weighted by Gasteiger charge is -2.64. The average molecular weight is 409 g/mol. The summed E-state index contributed by atoms with van der Waals surface area (Å²) in [6, 6.07) is 0. The maximum atomic E-state index is 12.1. The zero-order chi connectivity index (χ0) is 22.2. The topological polar surface area (TPSA) is 83.8 Å². The van der Waals surface area contributed by atoms with Gasteiger partial charge in [-0.2, -0.15) is 0 Å². The van der Waals surface area contributed by atoms with Crippen molar-refractivity contribution in [2.75, 3.05) is 6.61 Å². The van der Waals surface area contributed by atoms with Gasteiger partial charge in [0.15, 0.2) is 0 Å². The first kappa shape index (κ1) is 24.1. The number of esters is 1. The summed E-state index contributed by atoms with van der Waals surface area (Å²) in [6.45, 7) is 15.6. The second kappa shape index (κ2) is 8.50. The molecule has 0 spiro atoms. The number of hydrogen-bond donors (Lipinski definition) is 2. The molecule has 0 aromatic carbocycles. The summed E-state index contributed by atoms with van der Waals surface area (Å²) in [5.41, 5.74) is -1.21. The molecule has 5 nitrogen and oxygen atoms in total. The van der Waals surface area contributed by atoms with E-state index in [1.54, 1.807) is 13.0 Å². The summed E-state index contributed by atoms with van der Waals surface area (Å²) in [4.78, 5) is 24.0. The molecule has 2 saturated carbocycles. The van der Waals surface area contributed by atoms with E-state index in [0.717, 1.165) is 19.3 Å². The molecule has 0 aromatic heterocycles. The highest BCUT2D eigenvalue weighted by Gasteiger charge is 2.62. The summed E-state index contributed by atoms with van der Waals surface area (Å²) in [5.74, 6) is -0.0684. The Morgan fingerprint density at radius 1 is 1.24 bits per heavy atom. The fourth-order valence-electron chi connectivity index (χ4n) is 6.45. The van der Waals surface area contributed by atoms with E-state index in [4.69, 9.17) is 4.74 Å². The average Bonchev–Trinajstić information content (AvgIpc) is 2.69. The van der Waals surface area contributed by atoms with Gasteiger partial charge in [0.1, 0.15) is 18.5 Å². The number of carbonyl (C=O) groups is 2. The highest BCUT2D eigenvalue weighted by Crippen LogP contribution is 2.65. The number of fused-ring (bicyclic) bond motifs is 2. The van der Waals surface area contributed by atoms with Gasteiger partial charge in [0.05, 0.1) is 6.10 Å². The first-order valence-electron chi connectivity index (χ1n) is 11.0. The number of rotatable bonds is 6. The van der Waals surface area contributed by atoms with Gasteiger partial charge >= 0.3 is 5.97 Å². The standard InChI is InChI=1S/C24H40O5/c1-8-22(6)13-19(29-20(27)14-25)23(7)15(2)9-11-24(18(23)5,12-10-16(3)26)17(4)21(22)28/h8,15,17-19,21,25,28H,1,9-14H2,2-7H3/t15-,17+,18+,19-,21+,22-,23-,24+/m1/s1. The maximum Gasteiger partial charge on any atom is 0.332 e. The smallest absolute Gasteiger partial charge is 0.332 e. The molecule has 2 aliphatic carbocycles. The highest BCUT2D eigenvalue weighted by atomic mass is 16.6. The summed E-state index contributed by atoms with van der Waals surface area (Å²) < 4.78 is 5.84. The van der Waals surface area contributed by atoms with Crippen LogP contribution in [-0.2, 0) is 14.3 Å². The third-order valence-corrected chi connectivity index (χ3v) is 9.09. The van der Waals surface area contributed by atoms with Gasteiger partial charge in [0.25, 0.3) is 0 Å². The van der Waals surface area contributed by atoms with Crippen molar-refractivity contribution in [2.24, 2.45) is 34.0 Å². The van der Waals surface area contributed by atoms with Crippen LogP contribution in [0.15, 0.2) is 12.7 Å². The van der Waals surface area contributed by atoms with Crippen LogP contribution in [-0.4, -0.2) is 40.8 Å². The molecule has 2 rings (SSSR count). The summed E-state index contributed by atoms with van der Waals surface area (Å²) >= 11 is 0. The number of ether oxygens (including phenoxy) is 1. The van der Waals surface area contributed by atoms with Crippen LogP contribution in [0.1, 0.15) is 73.6 Å². The molecule has 5 heteroatoms. The van der Waals surface area contributed by atoms with Crippen molar-refractivity contribution >= 4 is 11.8 Å². The molecular formula is C24H40O5. The summed E-state index contributed by atoms with van der Waals surface area (Å²) in [7, 11) is 0. The Bertz CT molecular complexity index is 645. The molecule has 0 heterocycles. The quantitative estimate of drug-likeness (QED) is 0.514. The number of aliphatic hydroxyl groups is 2. The van der Waals surface area contributed by atoms with Crippen molar-refractivity contribution in [3.8, 4) is 0 Å². The molecule has 0 radical (unpaired) electrons. The molecule has 0 amide bonds. The number of carbonyl (C=O) groups excluding carboxylic acids is 2. The SMILES string of the molecule is C=C[C@]1(C)C[C@@H](OC(=O)CO)[C@]2(C)[C@H](C)CC[C@@](CCC(C)=O)([C@H]2C)[C@@H](C)[C@@H]1O. The van der Waals surface area contributed by atoms with E-state index >= 15 is 0 Å².